The van der Waals surface area contributed by atoms with Crippen molar-refractivity contribution in [2.45, 2.75) is 144 Å². The van der Waals surface area contributed by atoms with E-state index in [1.165, 1.54) is 18.9 Å². The molecule has 0 saturated carbocycles. The van der Waals surface area contributed by atoms with Crippen molar-refractivity contribution in [1.29, 1.82) is 0 Å². The molecule has 0 aliphatic carbocycles. The standard InChI is InChI=1S/C42H74N2O7Si3/c1-15-17-28-52(9,10)50-54(13,14)51-53(11,12)29-18-27-47-31-42(16-2,33-49-41(6,7)8)32-48-39(46)44-37-25-21-35(22-26-37)30-34-19-23-36(24-20-34)43-38(45)40(3,4)5/h19-26H,15-18,27-33H2,1-14H3,(H,43,45)(H,44,46). The van der Waals surface area contributed by atoms with Crippen LogP contribution in [-0.4, -0.2) is 69.2 Å². The van der Waals surface area contributed by atoms with Crippen LogP contribution in [0, 0.1) is 10.8 Å². The minimum absolute atomic E-state index is 0.0167. The minimum atomic E-state index is -2.24. The molecule has 0 aliphatic rings. The second-order valence-corrected chi connectivity index (χ2v) is 31.1. The number of carbonyl (C=O) groups excluding carboxylic acids is 2. The maximum Gasteiger partial charge on any atom is 0.411 e. The van der Waals surface area contributed by atoms with Gasteiger partial charge in [0.05, 0.1) is 24.2 Å². The van der Waals surface area contributed by atoms with Gasteiger partial charge >= 0.3 is 14.7 Å². The van der Waals surface area contributed by atoms with E-state index in [9.17, 15) is 9.59 Å². The lowest BCUT2D eigenvalue weighted by Crippen LogP contribution is -2.52. The number of carbonyl (C=O) groups is 2. The second-order valence-electron chi connectivity index (χ2n) is 18.6. The highest BCUT2D eigenvalue weighted by Crippen LogP contribution is 2.29. The largest absolute Gasteiger partial charge is 0.449 e. The molecule has 2 aromatic rings. The van der Waals surface area contributed by atoms with Crippen LogP contribution in [0.5, 0.6) is 0 Å². The van der Waals surface area contributed by atoms with Crippen molar-refractivity contribution in [3.05, 3.63) is 59.7 Å². The molecule has 2 N–H and O–H groups in total. The van der Waals surface area contributed by atoms with Gasteiger partial charge in [-0.15, -0.1) is 0 Å². The second kappa shape index (κ2) is 20.7. The molecule has 54 heavy (non-hydrogen) atoms. The summed E-state index contributed by atoms with van der Waals surface area (Å²) in [4.78, 5) is 25.3. The molecule has 0 radical (unpaired) electrons. The summed E-state index contributed by atoms with van der Waals surface area (Å²) in [7, 11) is -5.93. The molecule has 2 amide bonds. The smallest absolute Gasteiger partial charge is 0.411 e. The topological polar surface area (TPSA) is 104 Å². The first-order valence-corrected chi connectivity index (χ1v) is 29.0. The molecule has 1 atom stereocenters. The lowest BCUT2D eigenvalue weighted by molar-refractivity contribution is -0.123. The molecular formula is C42H74N2O7Si3. The van der Waals surface area contributed by atoms with Crippen LogP contribution in [0.4, 0.5) is 16.2 Å². The number of unbranched alkanes of at least 4 members (excludes halogenated alkanes) is 1. The minimum Gasteiger partial charge on any atom is -0.449 e. The average molecular weight is 803 g/mol. The van der Waals surface area contributed by atoms with Crippen molar-refractivity contribution in [3.63, 3.8) is 0 Å². The van der Waals surface area contributed by atoms with E-state index in [1.54, 1.807) is 0 Å². The molecule has 0 bridgehead atoms. The summed E-state index contributed by atoms with van der Waals surface area (Å²) < 4.78 is 31.9. The molecule has 0 aliphatic heterocycles. The van der Waals surface area contributed by atoms with Crippen LogP contribution in [0.25, 0.3) is 0 Å². The molecule has 1 unspecified atom stereocenters. The van der Waals surface area contributed by atoms with E-state index in [4.69, 9.17) is 22.4 Å². The van der Waals surface area contributed by atoms with Gasteiger partial charge < -0.3 is 27.8 Å². The van der Waals surface area contributed by atoms with Crippen molar-refractivity contribution in [2.75, 3.05) is 37.1 Å². The Hall–Kier alpha value is -2.33. The van der Waals surface area contributed by atoms with Crippen LogP contribution >= 0.6 is 0 Å². The molecule has 0 fully saturated rings. The van der Waals surface area contributed by atoms with E-state index in [2.05, 4.69) is 63.8 Å². The average Bonchev–Trinajstić information content (AvgIpc) is 3.04. The molecule has 0 heterocycles. The molecule has 306 valence electrons. The van der Waals surface area contributed by atoms with E-state index >= 15 is 0 Å². The Morgan fingerprint density at radius 2 is 1.17 bits per heavy atom. The number of benzene rings is 2. The zero-order valence-corrected chi connectivity index (χ0v) is 39.3. The third-order valence-corrected chi connectivity index (χ3v) is 20.7. The van der Waals surface area contributed by atoms with Gasteiger partial charge in [-0.05, 0) is 127 Å². The van der Waals surface area contributed by atoms with Gasteiger partial charge in [0.2, 0.25) is 5.91 Å². The lowest BCUT2D eigenvalue weighted by Gasteiger charge is -2.39. The highest BCUT2D eigenvalue weighted by molar-refractivity contribution is 6.87. The molecule has 2 aromatic carbocycles. The maximum absolute atomic E-state index is 13.0. The summed E-state index contributed by atoms with van der Waals surface area (Å²) in [6.45, 7) is 31.3. The molecule has 2 rings (SSSR count). The predicted octanol–water partition coefficient (Wildman–Crippen LogP) is 11.4. The van der Waals surface area contributed by atoms with Crippen LogP contribution in [0.15, 0.2) is 48.5 Å². The first-order chi connectivity index (χ1) is 24.9. The summed E-state index contributed by atoms with van der Waals surface area (Å²) in [6, 6.07) is 17.8. The fourth-order valence-electron chi connectivity index (χ4n) is 6.08. The third kappa shape index (κ3) is 19.0. The van der Waals surface area contributed by atoms with Crippen LogP contribution in [0.2, 0.25) is 51.4 Å². The van der Waals surface area contributed by atoms with Crippen molar-refractivity contribution < 1.29 is 32.0 Å². The van der Waals surface area contributed by atoms with Gasteiger partial charge in [-0.2, -0.15) is 0 Å². The maximum atomic E-state index is 13.0. The summed E-state index contributed by atoms with van der Waals surface area (Å²) in [6.07, 6.45) is 4.26. The molecule has 0 aromatic heterocycles. The highest BCUT2D eigenvalue weighted by Gasteiger charge is 2.39. The number of ether oxygens (including phenoxy) is 3. The number of hydrogen-bond acceptors (Lipinski definition) is 7. The van der Waals surface area contributed by atoms with Crippen LogP contribution < -0.4 is 10.6 Å². The molecule has 0 spiro atoms. The van der Waals surface area contributed by atoms with E-state index in [-0.39, 0.29) is 18.1 Å². The summed E-state index contributed by atoms with van der Waals surface area (Å²) in [5, 5.41) is 5.84. The zero-order chi connectivity index (χ0) is 40.8. The normalized spacial score (nSPS) is 14.0. The number of rotatable bonds is 22. The highest BCUT2D eigenvalue weighted by atomic mass is 28.5. The van der Waals surface area contributed by atoms with Gasteiger partial charge in [-0.1, -0.05) is 71.7 Å². The first kappa shape index (κ1) is 47.8. The summed E-state index contributed by atoms with van der Waals surface area (Å²) in [5.74, 6) is -0.0167. The number of nitrogens with one attached hydrogen (secondary N) is 2. The van der Waals surface area contributed by atoms with Crippen molar-refractivity contribution >= 4 is 48.6 Å². The van der Waals surface area contributed by atoms with Gasteiger partial charge in [-0.25, -0.2) is 4.79 Å². The van der Waals surface area contributed by atoms with E-state index in [0.29, 0.717) is 25.5 Å². The SMILES string of the molecule is CCCC[Si](C)(C)O[Si](C)(C)O[Si](C)(C)CCCOCC(CC)(COC(=O)Nc1ccc(Cc2ccc(NC(=O)C(C)(C)C)cc2)cc1)COC(C)(C)C. The van der Waals surface area contributed by atoms with Crippen LogP contribution in [-0.2, 0) is 33.7 Å². The third-order valence-electron chi connectivity index (χ3n) is 9.22. The fourth-order valence-corrected chi connectivity index (χ4v) is 20.3. The van der Waals surface area contributed by atoms with Gasteiger partial charge in [0.1, 0.15) is 6.61 Å². The Morgan fingerprint density at radius 3 is 1.63 bits per heavy atom. The van der Waals surface area contributed by atoms with Crippen LogP contribution in [0.1, 0.15) is 92.2 Å². The Labute approximate surface area is 331 Å². The predicted molar refractivity (Wildman–Crippen MR) is 232 cm³/mol. The Bertz CT molecular complexity index is 1440. The number of amides is 2. The Kier molecular flexibility index (Phi) is 18.4. The summed E-state index contributed by atoms with van der Waals surface area (Å²) >= 11 is 0. The fraction of sp³-hybridized carbons (Fsp3) is 0.667. The monoisotopic (exact) mass is 802 g/mol. The van der Waals surface area contributed by atoms with Crippen molar-refractivity contribution in [1.82, 2.24) is 0 Å². The van der Waals surface area contributed by atoms with Gasteiger partial charge in [0, 0.05) is 23.4 Å². The van der Waals surface area contributed by atoms with E-state index in [1.807, 2.05) is 90.1 Å². The summed E-state index contributed by atoms with van der Waals surface area (Å²) in [5.41, 5.74) is 2.39. The van der Waals surface area contributed by atoms with E-state index in [0.717, 1.165) is 42.1 Å². The molecular weight excluding hydrogens is 729 g/mol. The van der Waals surface area contributed by atoms with E-state index < -0.39 is 42.1 Å². The Balaban J connectivity index is 1.92. The molecule has 12 heteroatoms. The van der Waals surface area contributed by atoms with Gasteiger partial charge in [0.15, 0.2) is 16.6 Å². The zero-order valence-electron chi connectivity index (χ0n) is 36.3. The number of anilines is 2. The van der Waals surface area contributed by atoms with Gasteiger partial charge in [0.25, 0.3) is 0 Å². The van der Waals surface area contributed by atoms with Gasteiger partial charge in [-0.3, -0.25) is 10.1 Å². The molecule has 0 saturated heterocycles. The van der Waals surface area contributed by atoms with Crippen LogP contribution in [0.3, 0.4) is 0 Å². The van der Waals surface area contributed by atoms with Crippen molar-refractivity contribution in [2.24, 2.45) is 10.8 Å². The number of hydrogen-bond donors (Lipinski definition) is 2. The first-order valence-electron chi connectivity index (χ1n) is 19.9. The van der Waals surface area contributed by atoms with Crippen molar-refractivity contribution in [3.8, 4) is 0 Å². The Morgan fingerprint density at radius 1 is 0.667 bits per heavy atom. The quantitative estimate of drug-likeness (QED) is 0.0902. The lowest BCUT2D eigenvalue weighted by atomic mass is 9.87. The molecule has 9 nitrogen and oxygen atoms in total.